The van der Waals surface area contributed by atoms with Gasteiger partial charge in [-0.2, -0.15) is 0 Å². The third kappa shape index (κ3) is 5.20. The Morgan fingerprint density at radius 2 is 2.16 bits per heavy atom. The number of amides is 1. The number of aryl methyl sites for hydroxylation is 1. The average Bonchev–Trinajstić information content (AvgIpc) is 2.38. The van der Waals surface area contributed by atoms with Crippen molar-refractivity contribution < 1.29 is 9.53 Å². The third-order valence-corrected chi connectivity index (χ3v) is 3.41. The molecule has 0 aliphatic carbocycles. The van der Waals surface area contributed by atoms with Crippen molar-refractivity contribution in [2.45, 2.75) is 26.9 Å². The maximum absolute atomic E-state index is 11.9. The lowest BCUT2D eigenvalue weighted by molar-refractivity contribution is -0.127. The summed E-state index contributed by atoms with van der Waals surface area (Å²) in [4.78, 5) is 11.9. The maximum Gasteiger partial charge on any atom is 0.260 e. The Labute approximate surface area is 122 Å². The maximum atomic E-state index is 11.9. The van der Waals surface area contributed by atoms with E-state index in [0.29, 0.717) is 18.8 Å². The van der Waals surface area contributed by atoms with E-state index in [2.05, 4.69) is 21.2 Å². The fraction of sp³-hybridized carbons (Fsp3) is 0.500. The van der Waals surface area contributed by atoms with E-state index >= 15 is 0 Å². The van der Waals surface area contributed by atoms with Gasteiger partial charge in [0, 0.05) is 6.54 Å². The number of ether oxygens (including phenoxy) is 1. The highest BCUT2D eigenvalue weighted by Gasteiger charge is 2.16. The van der Waals surface area contributed by atoms with Crippen molar-refractivity contribution in [2.75, 3.05) is 13.1 Å². The van der Waals surface area contributed by atoms with Crippen molar-refractivity contribution in [3.05, 3.63) is 28.2 Å². The molecular formula is C14H21BrN2O2. The van der Waals surface area contributed by atoms with Crippen LogP contribution >= 0.6 is 15.9 Å². The van der Waals surface area contributed by atoms with E-state index in [-0.39, 0.29) is 11.8 Å². The second-order valence-electron chi connectivity index (χ2n) is 4.78. The predicted octanol–water partition coefficient (Wildman–Crippen LogP) is 2.24. The zero-order valence-corrected chi connectivity index (χ0v) is 13.2. The smallest absolute Gasteiger partial charge is 0.260 e. The highest BCUT2D eigenvalue weighted by atomic mass is 79.9. The lowest BCUT2D eigenvalue weighted by Crippen LogP contribution is -2.39. The zero-order valence-electron chi connectivity index (χ0n) is 11.6. The number of hydrogen-bond donors (Lipinski definition) is 2. The number of rotatable bonds is 6. The lowest BCUT2D eigenvalue weighted by atomic mass is 10.2. The second-order valence-corrected chi connectivity index (χ2v) is 5.63. The van der Waals surface area contributed by atoms with Gasteiger partial charge in [-0.05, 0) is 59.9 Å². The molecule has 2 unspecified atom stereocenters. The molecule has 0 radical (unpaired) electrons. The van der Waals surface area contributed by atoms with Crippen LogP contribution in [-0.2, 0) is 4.79 Å². The van der Waals surface area contributed by atoms with Crippen LogP contribution in [-0.4, -0.2) is 25.1 Å². The van der Waals surface area contributed by atoms with Gasteiger partial charge in [-0.15, -0.1) is 0 Å². The first-order valence-corrected chi connectivity index (χ1v) is 7.14. The molecule has 1 aromatic rings. The summed E-state index contributed by atoms with van der Waals surface area (Å²) in [5.74, 6) is 0.801. The molecule has 1 amide bonds. The Bertz CT molecular complexity index is 437. The van der Waals surface area contributed by atoms with Crippen molar-refractivity contribution in [3.8, 4) is 5.75 Å². The van der Waals surface area contributed by atoms with Crippen LogP contribution in [0.4, 0.5) is 0 Å². The quantitative estimate of drug-likeness (QED) is 0.841. The van der Waals surface area contributed by atoms with Gasteiger partial charge in [0.15, 0.2) is 6.10 Å². The number of hydrogen-bond acceptors (Lipinski definition) is 3. The van der Waals surface area contributed by atoms with Crippen molar-refractivity contribution in [2.24, 2.45) is 11.7 Å². The van der Waals surface area contributed by atoms with E-state index in [1.54, 1.807) is 6.92 Å². The molecule has 0 aromatic heterocycles. The average molecular weight is 329 g/mol. The number of carbonyl (C=O) groups is 1. The molecule has 4 nitrogen and oxygen atoms in total. The fourth-order valence-corrected chi connectivity index (χ4v) is 2.03. The summed E-state index contributed by atoms with van der Waals surface area (Å²) < 4.78 is 6.49. The first-order valence-electron chi connectivity index (χ1n) is 6.34. The van der Waals surface area contributed by atoms with Crippen LogP contribution in [0.25, 0.3) is 0 Å². The molecular weight excluding hydrogens is 308 g/mol. The first kappa shape index (κ1) is 16.0. The Morgan fingerprint density at radius 1 is 1.47 bits per heavy atom. The summed E-state index contributed by atoms with van der Waals surface area (Å²) in [7, 11) is 0. The Balaban J connectivity index is 2.54. The molecule has 5 heteroatoms. The van der Waals surface area contributed by atoms with Crippen LogP contribution in [0.1, 0.15) is 19.4 Å². The molecule has 0 heterocycles. The van der Waals surface area contributed by atoms with Crippen molar-refractivity contribution in [1.29, 1.82) is 0 Å². The molecule has 1 rings (SSSR count). The minimum absolute atomic E-state index is 0.132. The van der Waals surface area contributed by atoms with Gasteiger partial charge in [-0.25, -0.2) is 0 Å². The normalized spacial score (nSPS) is 13.7. The molecule has 0 fully saturated rings. The largest absolute Gasteiger partial charge is 0.480 e. The Kier molecular flexibility index (Phi) is 6.31. The minimum atomic E-state index is -0.538. The minimum Gasteiger partial charge on any atom is -0.480 e. The molecule has 0 aliphatic heterocycles. The Morgan fingerprint density at radius 3 is 2.74 bits per heavy atom. The molecule has 1 aromatic carbocycles. The van der Waals surface area contributed by atoms with Crippen molar-refractivity contribution in [1.82, 2.24) is 5.32 Å². The lowest BCUT2D eigenvalue weighted by Gasteiger charge is -2.17. The zero-order chi connectivity index (χ0) is 14.4. The molecule has 106 valence electrons. The van der Waals surface area contributed by atoms with Gasteiger partial charge in [0.25, 0.3) is 5.91 Å². The van der Waals surface area contributed by atoms with Gasteiger partial charge in [0.05, 0.1) is 4.47 Å². The first-order chi connectivity index (χ1) is 8.93. The van der Waals surface area contributed by atoms with Crippen LogP contribution in [0.2, 0.25) is 0 Å². The van der Waals surface area contributed by atoms with E-state index in [4.69, 9.17) is 10.5 Å². The highest BCUT2D eigenvalue weighted by Crippen LogP contribution is 2.26. The standard InChI is InChI=1S/C14H21BrN2O2/c1-9-4-5-13(12(15)6-9)19-11(3)14(18)17-8-10(2)7-16/h4-6,10-11H,7-8,16H2,1-3H3,(H,17,18). The SMILES string of the molecule is Cc1ccc(OC(C)C(=O)NCC(C)CN)c(Br)c1. The molecule has 0 aliphatic rings. The van der Waals surface area contributed by atoms with Crippen LogP contribution < -0.4 is 15.8 Å². The summed E-state index contributed by atoms with van der Waals surface area (Å²) in [6.07, 6.45) is -0.538. The summed E-state index contributed by atoms with van der Waals surface area (Å²) in [5, 5.41) is 2.82. The molecule has 0 spiro atoms. The van der Waals surface area contributed by atoms with Crippen LogP contribution in [0.3, 0.4) is 0 Å². The number of benzene rings is 1. The molecule has 0 saturated heterocycles. The Hall–Kier alpha value is -1.07. The molecule has 19 heavy (non-hydrogen) atoms. The number of carbonyl (C=O) groups excluding carboxylic acids is 1. The van der Waals surface area contributed by atoms with Crippen molar-refractivity contribution >= 4 is 21.8 Å². The number of halogens is 1. The number of nitrogens with one attached hydrogen (secondary N) is 1. The van der Waals surface area contributed by atoms with Crippen LogP contribution in [0.5, 0.6) is 5.75 Å². The van der Waals surface area contributed by atoms with Gasteiger partial charge < -0.3 is 15.8 Å². The predicted molar refractivity (Wildman–Crippen MR) is 80.2 cm³/mol. The molecule has 3 N–H and O–H groups in total. The summed E-state index contributed by atoms with van der Waals surface area (Å²) in [6, 6.07) is 5.75. The highest BCUT2D eigenvalue weighted by molar-refractivity contribution is 9.10. The van der Waals surface area contributed by atoms with E-state index < -0.39 is 6.10 Å². The molecule has 0 bridgehead atoms. The molecule has 2 atom stereocenters. The second kappa shape index (κ2) is 7.50. The van der Waals surface area contributed by atoms with Gasteiger partial charge >= 0.3 is 0 Å². The van der Waals surface area contributed by atoms with Gasteiger partial charge in [-0.1, -0.05) is 13.0 Å². The van der Waals surface area contributed by atoms with E-state index in [1.165, 1.54) is 0 Å². The number of nitrogens with two attached hydrogens (primary N) is 1. The summed E-state index contributed by atoms with van der Waals surface area (Å²) in [6.45, 7) is 6.84. The summed E-state index contributed by atoms with van der Waals surface area (Å²) >= 11 is 3.42. The fourth-order valence-electron chi connectivity index (χ4n) is 1.45. The van der Waals surface area contributed by atoms with E-state index in [0.717, 1.165) is 10.0 Å². The van der Waals surface area contributed by atoms with E-state index in [1.807, 2.05) is 32.0 Å². The van der Waals surface area contributed by atoms with Gasteiger partial charge in [0.1, 0.15) is 5.75 Å². The third-order valence-electron chi connectivity index (χ3n) is 2.79. The van der Waals surface area contributed by atoms with Crippen molar-refractivity contribution in [3.63, 3.8) is 0 Å². The van der Waals surface area contributed by atoms with E-state index in [9.17, 15) is 4.79 Å². The van der Waals surface area contributed by atoms with Gasteiger partial charge in [-0.3, -0.25) is 4.79 Å². The molecule has 0 saturated carbocycles. The van der Waals surface area contributed by atoms with Crippen LogP contribution in [0.15, 0.2) is 22.7 Å². The monoisotopic (exact) mass is 328 g/mol. The summed E-state index contributed by atoms with van der Waals surface area (Å²) in [5.41, 5.74) is 6.64. The van der Waals surface area contributed by atoms with Gasteiger partial charge in [0.2, 0.25) is 0 Å². The van der Waals surface area contributed by atoms with Crippen LogP contribution in [0, 0.1) is 12.8 Å². The topological polar surface area (TPSA) is 64.3 Å².